The number of amides is 2. The zero-order chi connectivity index (χ0) is 22.1. The van der Waals surface area contributed by atoms with Crippen molar-refractivity contribution in [3.63, 3.8) is 0 Å². The van der Waals surface area contributed by atoms with Gasteiger partial charge in [-0.3, -0.25) is 9.59 Å². The van der Waals surface area contributed by atoms with Crippen LogP contribution in [0.25, 0.3) is 0 Å². The molecule has 30 heavy (non-hydrogen) atoms. The first-order chi connectivity index (χ1) is 14.2. The van der Waals surface area contributed by atoms with Crippen molar-refractivity contribution in [1.29, 1.82) is 0 Å². The van der Waals surface area contributed by atoms with Crippen LogP contribution in [-0.2, 0) is 28.1 Å². The average molecular weight is 411 g/mol. The van der Waals surface area contributed by atoms with E-state index in [1.165, 1.54) is 5.56 Å². The average Bonchev–Trinajstić information content (AvgIpc) is 2.70. The van der Waals surface area contributed by atoms with E-state index in [1.807, 2.05) is 62.4 Å². The predicted molar refractivity (Wildman–Crippen MR) is 120 cm³/mol. The second-order valence-corrected chi connectivity index (χ2v) is 8.74. The molecule has 2 aromatic carbocycles. The Morgan fingerprint density at radius 2 is 1.57 bits per heavy atom. The lowest BCUT2D eigenvalue weighted by molar-refractivity contribution is -0.121. The van der Waals surface area contributed by atoms with Gasteiger partial charge in [-0.2, -0.15) is 0 Å². The molecule has 0 radical (unpaired) electrons. The van der Waals surface area contributed by atoms with E-state index in [1.54, 1.807) is 0 Å². The molecular formula is C25H34N2O3. The Bertz CT molecular complexity index is 836. The minimum Gasteiger partial charge on any atom is -0.374 e. The quantitative estimate of drug-likeness (QED) is 0.646. The lowest BCUT2D eigenvalue weighted by Crippen LogP contribution is -2.30. The van der Waals surface area contributed by atoms with Crippen molar-refractivity contribution in [2.45, 2.75) is 65.7 Å². The Kier molecular flexibility index (Phi) is 8.60. The van der Waals surface area contributed by atoms with Gasteiger partial charge in [-0.05, 0) is 48.1 Å². The molecule has 2 rings (SSSR count). The molecule has 0 aliphatic rings. The fraction of sp³-hybridized carbons (Fsp3) is 0.440. The minimum atomic E-state index is -0.167. The maximum absolute atomic E-state index is 12.3. The zero-order valence-electron chi connectivity index (χ0n) is 18.7. The summed E-state index contributed by atoms with van der Waals surface area (Å²) in [4.78, 5) is 24.5. The molecule has 0 saturated carbocycles. The van der Waals surface area contributed by atoms with Gasteiger partial charge in [0.25, 0.3) is 5.91 Å². The van der Waals surface area contributed by atoms with Crippen LogP contribution in [0, 0.1) is 0 Å². The highest BCUT2D eigenvalue weighted by Crippen LogP contribution is 2.22. The van der Waals surface area contributed by atoms with Gasteiger partial charge in [0, 0.05) is 25.1 Å². The van der Waals surface area contributed by atoms with E-state index in [-0.39, 0.29) is 29.8 Å². The highest BCUT2D eigenvalue weighted by molar-refractivity contribution is 5.94. The first-order valence-corrected chi connectivity index (χ1v) is 10.5. The number of nitrogens with one attached hydrogen (secondary N) is 2. The standard InChI is InChI=1S/C25H34N2O3/c1-18(2)30-17-21-9-7-6-8-20(21)16-27-23(28)14-15-26-24(29)19-10-12-22(13-11-19)25(3,4)5/h6-13,18H,14-17H2,1-5H3,(H,26,29)(H,27,28). The van der Waals surface area contributed by atoms with Crippen LogP contribution in [0.1, 0.15) is 68.1 Å². The van der Waals surface area contributed by atoms with Gasteiger partial charge in [0.05, 0.1) is 12.7 Å². The van der Waals surface area contributed by atoms with Crippen LogP contribution in [0.2, 0.25) is 0 Å². The van der Waals surface area contributed by atoms with E-state index in [0.29, 0.717) is 25.3 Å². The second kappa shape index (κ2) is 10.9. The van der Waals surface area contributed by atoms with Crippen LogP contribution in [0.15, 0.2) is 48.5 Å². The smallest absolute Gasteiger partial charge is 0.251 e. The molecule has 0 heterocycles. The molecule has 0 fully saturated rings. The molecule has 2 N–H and O–H groups in total. The lowest BCUT2D eigenvalue weighted by atomic mass is 9.87. The van der Waals surface area contributed by atoms with Crippen LogP contribution in [-0.4, -0.2) is 24.5 Å². The fourth-order valence-corrected chi connectivity index (χ4v) is 2.92. The van der Waals surface area contributed by atoms with Crippen molar-refractivity contribution in [3.8, 4) is 0 Å². The SMILES string of the molecule is CC(C)OCc1ccccc1CNC(=O)CCNC(=O)c1ccc(C(C)(C)C)cc1. The predicted octanol–water partition coefficient (Wildman–Crippen LogP) is 4.35. The van der Waals surface area contributed by atoms with E-state index in [4.69, 9.17) is 4.74 Å². The molecular weight excluding hydrogens is 376 g/mol. The maximum Gasteiger partial charge on any atom is 0.251 e. The first kappa shape index (κ1) is 23.6. The van der Waals surface area contributed by atoms with Gasteiger partial charge in [-0.25, -0.2) is 0 Å². The number of hydrogen-bond donors (Lipinski definition) is 2. The number of carbonyl (C=O) groups is 2. The van der Waals surface area contributed by atoms with Crippen molar-refractivity contribution in [2.24, 2.45) is 0 Å². The van der Waals surface area contributed by atoms with Crippen molar-refractivity contribution in [2.75, 3.05) is 6.54 Å². The van der Waals surface area contributed by atoms with Crippen molar-refractivity contribution in [3.05, 3.63) is 70.8 Å². The molecule has 2 aromatic rings. The molecule has 0 aromatic heterocycles. The number of ether oxygens (including phenoxy) is 1. The van der Waals surface area contributed by atoms with Gasteiger partial charge in [-0.15, -0.1) is 0 Å². The third-order valence-corrected chi connectivity index (χ3v) is 4.82. The van der Waals surface area contributed by atoms with E-state index >= 15 is 0 Å². The number of hydrogen-bond acceptors (Lipinski definition) is 3. The summed E-state index contributed by atoms with van der Waals surface area (Å²) in [5.41, 5.74) is 3.93. The molecule has 0 bridgehead atoms. The van der Waals surface area contributed by atoms with Gasteiger partial charge in [0.1, 0.15) is 0 Å². The maximum atomic E-state index is 12.3. The molecule has 0 unspecified atom stereocenters. The minimum absolute atomic E-state index is 0.0482. The van der Waals surface area contributed by atoms with Crippen LogP contribution in [0.5, 0.6) is 0 Å². The zero-order valence-corrected chi connectivity index (χ0v) is 18.7. The highest BCUT2D eigenvalue weighted by atomic mass is 16.5. The molecule has 0 atom stereocenters. The Morgan fingerprint density at radius 1 is 0.933 bits per heavy atom. The van der Waals surface area contributed by atoms with Crippen LogP contribution in [0.4, 0.5) is 0 Å². The second-order valence-electron chi connectivity index (χ2n) is 8.74. The summed E-state index contributed by atoms with van der Waals surface area (Å²) in [5.74, 6) is -0.266. The summed E-state index contributed by atoms with van der Waals surface area (Å²) in [5, 5.41) is 5.73. The third-order valence-electron chi connectivity index (χ3n) is 4.82. The fourth-order valence-electron chi connectivity index (χ4n) is 2.92. The molecule has 5 heteroatoms. The van der Waals surface area contributed by atoms with E-state index in [9.17, 15) is 9.59 Å². The topological polar surface area (TPSA) is 67.4 Å². The van der Waals surface area contributed by atoms with Crippen LogP contribution < -0.4 is 10.6 Å². The van der Waals surface area contributed by atoms with Gasteiger partial charge in [0.15, 0.2) is 0 Å². The Hall–Kier alpha value is -2.66. The van der Waals surface area contributed by atoms with Crippen molar-refractivity contribution < 1.29 is 14.3 Å². The largest absolute Gasteiger partial charge is 0.374 e. The lowest BCUT2D eigenvalue weighted by Gasteiger charge is -2.19. The monoisotopic (exact) mass is 410 g/mol. The Labute approximate surface area is 180 Å². The molecule has 0 aliphatic heterocycles. The van der Waals surface area contributed by atoms with Gasteiger partial charge in [-0.1, -0.05) is 57.2 Å². The number of benzene rings is 2. The molecule has 0 aliphatic carbocycles. The van der Waals surface area contributed by atoms with E-state index < -0.39 is 0 Å². The van der Waals surface area contributed by atoms with Gasteiger partial charge < -0.3 is 15.4 Å². The molecule has 0 spiro atoms. The van der Waals surface area contributed by atoms with E-state index in [0.717, 1.165) is 11.1 Å². The molecule has 0 saturated heterocycles. The number of carbonyl (C=O) groups excluding carboxylic acids is 2. The van der Waals surface area contributed by atoms with Crippen molar-refractivity contribution >= 4 is 11.8 Å². The summed E-state index contributed by atoms with van der Waals surface area (Å²) >= 11 is 0. The normalized spacial score (nSPS) is 11.4. The summed E-state index contributed by atoms with van der Waals surface area (Å²) < 4.78 is 5.67. The summed E-state index contributed by atoms with van der Waals surface area (Å²) in [6.07, 6.45) is 0.386. The Morgan fingerprint density at radius 3 is 2.17 bits per heavy atom. The highest BCUT2D eigenvalue weighted by Gasteiger charge is 2.14. The molecule has 2 amide bonds. The van der Waals surface area contributed by atoms with Crippen LogP contribution >= 0.6 is 0 Å². The Balaban J connectivity index is 1.77. The van der Waals surface area contributed by atoms with Gasteiger partial charge in [0.2, 0.25) is 5.91 Å². The summed E-state index contributed by atoms with van der Waals surface area (Å²) in [7, 11) is 0. The molecule has 5 nitrogen and oxygen atoms in total. The van der Waals surface area contributed by atoms with Crippen LogP contribution in [0.3, 0.4) is 0 Å². The van der Waals surface area contributed by atoms with E-state index in [2.05, 4.69) is 31.4 Å². The summed E-state index contributed by atoms with van der Waals surface area (Å²) in [6.45, 7) is 11.7. The first-order valence-electron chi connectivity index (χ1n) is 10.5. The molecule has 162 valence electrons. The third kappa shape index (κ3) is 7.64. The number of rotatable bonds is 9. The van der Waals surface area contributed by atoms with Gasteiger partial charge >= 0.3 is 0 Å². The summed E-state index contributed by atoms with van der Waals surface area (Å²) in [6, 6.07) is 15.5. The van der Waals surface area contributed by atoms with Crippen molar-refractivity contribution in [1.82, 2.24) is 10.6 Å².